The van der Waals surface area contributed by atoms with Crippen molar-refractivity contribution in [2.45, 2.75) is 30.3 Å². The van der Waals surface area contributed by atoms with Crippen molar-refractivity contribution in [1.29, 1.82) is 0 Å². The van der Waals surface area contributed by atoms with E-state index in [0.29, 0.717) is 18.8 Å². The molecule has 1 aromatic heterocycles. The molecule has 2 amide bonds. The molecule has 1 aliphatic carbocycles. The number of carbonyl (C=O) groups is 2. The predicted octanol–water partition coefficient (Wildman–Crippen LogP) is 1.67. The highest BCUT2D eigenvalue weighted by Crippen LogP contribution is 2.55. The van der Waals surface area contributed by atoms with Gasteiger partial charge in [0, 0.05) is 31.1 Å². The molecule has 6 nitrogen and oxygen atoms in total. The summed E-state index contributed by atoms with van der Waals surface area (Å²) in [6.45, 7) is 0.905. The van der Waals surface area contributed by atoms with E-state index in [9.17, 15) is 14.7 Å². The molecule has 28 heavy (non-hydrogen) atoms. The molecule has 1 N–H and O–H groups in total. The van der Waals surface area contributed by atoms with Crippen LogP contribution < -0.4 is 0 Å². The maximum Gasteiger partial charge on any atom is 0.272 e. The van der Waals surface area contributed by atoms with Crippen LogP contribution in [0.2, 0.25) is 0 Å². The lowest BCUT2D eigenvalue weighted by Crippen LogP contribution is -2.86. The lowest BCUT2D eigenvalue weighted by atomic mass is 9.60. The lowest BCUT2D eigenvalue weighted by Gasteiger charge is -2.70. The van der Waals surface area contributed by atoms with Gasteiger partial charge in [0.05, 0.1) is 18.2 Å². The highest BCUT2D eigenvalue weighted by atomic mass is 16.3. The molecular weight excluding hydrogens is 354 g/mol. The Hall–Kier alpha value is -2.73. The van der Waals surface area contributed by atoms with Crippen LogP contribution in [0, 0.1) is 5.92 Å². The van der Waals surface area contributed by atoms with E-state index < -0.39 is 5.54 Å². The molecule has 0 unspecified atom stereocenters. The van der Waals surface area contributed by atoms with E-state index in [0.717, 1.165) is 18.4 Å². The summed E-state index contributed by atoms with van der Waals surface area (Å²) in [5.41, 5.74) is 1.12. The molecule has 2 atom stereocenters. The van der Waals surface area contributed by atoms with Crippen molar-refractivity contribution >= 4 is 11.8 Å². The van der Waals surface area contributed by atoms with Crippen molar-refractivity contribution in [2.75, 3.05) is 19.7 Å². The number of hydrogen-bond donors (Lipinski definition) is 1. The SMILES string of the molecule is O=C(c1ccccn1)N1CC2(C1)[C@@H](c1ccccc1)[C@@H](CO)N2C(=O)C1CC1. The van der Waals surface area contributed by atoms with Crippen LogP contribution in [0.25, 0.3) is 0 Å². The number of rotatable bonds is 4. The number of aromatic nitrogens is 1. The van der Waals surface area contributed by atoms with Gasteiger partial charge in [-0.2, -0.15) is 0 Å². The second-order valence-electron chi connectivity index (χ2n) is 8.10. The molecule has 2 aromatic rings. The first kappa shape index (κ1) is 17.4. The second kappa shape index (κ2) is 6.41. The van der Waals surface area contributed by atoms with E-state index in [4.69, 9.17) is 0 Å². The zero-order chi connectivity index (χ0) is 19.3. The number of nitrogens with zero attached hydrogens (tertiary/aromatic N) is 3. The number of aliphatic hydroxyl groups excluding tert-OH is 1. The first-order valence-electron chi connectivity index (χ1n) is 9.85. The summed E-state index contributed by atoms with van der Waals surface area (Å²) in [7, 11) is 0. The Bertz CT molecular complexity index is 892. The van der Waals surface area contributed by atoms with Crippen LogP contribution in [-0.2, 0) is 4.79 Å². The second-order valence-corrected chi connectivity index (χ2v) is 8.10. The average Bonchev–Trinajstić information content (AvgIpc) is 3.53. The van der Waals surface area contributed by atoms with Crippen LogP contribution in [0.3, 0.4) is 0 Å². The maximum atomic E-state index is 13.0. The predicted molar refractivity (Wildman–Crippen MR) is 102 cm³/mol. The number of likely N-dealkylation sites (tertiary alicyclic amines) is 2. The Morgan fingerprint density at radius 2 is 1.79 bits per heavy atom. The van der Waals surface area contributed by atoms with Gasteiger partial charge in [0.2, 0.25) is 5.91 Å². The fraction of sp³-hybridized carbons (Fsp3) is 0.409. The Balaban J connectivity index is 1.44. The summed E-state index contributed by atoms with van der Waals surface area (Å²) in [6.07, 6.45) is 3.47. The van der Waals surface area contributed by atoms with Crippen LogP contribution in [0.4, 0.5) is 0 Å². The summed E-state index contributed by atoms with van der Waals surface area (Å²) >= 11 is 0. The highest BCUT2D eigenvalue weighted by Gasteiger charge is 2.69. The number of hydrogen-bond acceptors (Lipinski definition) is 4. The van der Waals surface area contributed by atoms with E-state index in [1.54, 1.807) is 29.3 Å². The highest BCUT2D eigenvalue weighted by molar-refractivity contribution is 5.94. The molecule has 6 heteroatoms. The number of benzene rings is 1. The van der Waals surface area contributed by atoms with E-state index >= 15 is 0 Å². The van der Waals surface area contributed by atoms with Gasteiger partial charge in [-0.05, 0) is 30.5 Å². The summed E-state index contributed by atoms with van der Waals surface area (Å²) in [6, 6.07) is 15.1. The van der Waals surface area contributed by atoms with E-state index in [1.165, 1.54) is 0 Å². The Kier molecular flexibility index (Phi) is 3.98. The summed E-state index contributed by atoms with van der Waals surface area (Å²) in [5.74, 6) is 0.151. The number of carbonyl (C=O) groups excluding carboxylic acids is 2. The number of amides is 2. The first-order chi connectivity index (χ1) is 13.7. The maximum absolute atomic E-state index is 13.0. The smallest absolute Gasteiger partial charge is 0.272 e. The van der Waals surface area contributed by atoms with Crippen LogP contribution in [0.5, 0.6) is 0 Å². The average molecular weight is 377 g/mol. The standard InChI is InChI=1S/C22H23N3O3/c26-12-18-19(15-6-2-1-3-7-15)22(25(18)20(27)16-9-10-16)13-24(14-22)21(28)17-8-4-5-11-23-17/h1-8,11,16,18-19,26H,9-10,12-14H2/t18-,19+/m1/s1. The summed E-state index contributed by atoms with van der Waals surface area (Å²) < 4.78 is 0. The van der Waals surface area contributed by atoms with Gasteiger partial charge in [-0.25, -0.2) is 0 Å². The summed E-state index contributed by atoms with van der Waals surface area (Å²) in [5, 5.41) is 10.1. The monoisotopic (exact) mass is 377 g/mol. The van der Waals surface area contributed by atoms with Crippen molar-refractivity contribution in [3.05, 3.63) is 66.0 Å². The molecule has 2 saturated heterocycles. The zero-order valence-electron chi connectivity index (χ0n) is 15.6. The molecule has 1 saturated carbocycles. The first-order valence-corrected chi connectivity index (χ1v) is 9.85. The van der Waals surface area contributed by atoms with E-state index in [2.05, 4.69) is 17.1 Å². The third-order valence-electron chi connectivity index (χ3n) is 6.39. The summed E-state index contributed by atoms with van der Waals surface area (Å²) in [4.78, 5) is 33.6. The minimum Gasteiger partial charge on any atom is -0.394 e. The molecule has 3 heterocycles. The topological polar surface area (TPSA) is 73.7 Å². The van der Waals surface area contributed by atoms with Gasteiger partial charge in [-0.15, -0.1) is 0 Å². The molecule has 1 spiro atoms. The van der Waals surface area contributed by atoms with Crippen molar-refractivity contribution < 1.29 is 14.7 Å². The molecule has 144 valence electrons. The van der Waals surface area contributed by atoms with Crippen molar-refractivity contribution in [1.82, 2.24) is 14.8 Å². The largest absolute Gasteiger partial charge is 0.394 e. The van der Waals surface area contributed by atoms with Crippen LogP contribution in [0.1, 0.15) is 34.8 Å². The van der Waals surface area contributed by atoms with Crippen LogP contribution in [0.15, 0.2) is 54.7 Å². The van der Waals surface area contributed by atoms with E-state index in [-0.39, 0.29) is 36.3 Å². The fourth-order valence-electron chi connectivity index (χ4n) is 4.95. The molecule has 3 fully saturated rings. The van der Waals surface area contributed by atoms with Gasteiger partial charge in [-0.3, -0.25) is 14.6 Å². The Morgan fingerprint density at radius 3 is 2.39 bits per heavy atom. The molecule has 1 aromatic carbocycles. The Labute approximate surface area is 163 Å². The number of pyridine rings is 1. The third-order valence-corrected chi connectivity index (χ3v) is 6.39. The van der Waals surface area contributed by atoms with Gasteiger partial charge in [0.25, 0.3) is 5.91 Å². The van der Waals surface area contributed by atoms with Gasteiger partial charge < -0.3 is 14.9 Å². The molecule has 2 aliphatic heterocycles. The molecule has 0 radical (unpaired) electrons. The quantitative estimate of drug-likeness (QED) is 0.880. The minimum atomic E-state index is -0.418. The molecule has 3 aliphatic rings. The van der Waals surface area contributed by atoms with Gasteiger partial charge in [0.1, 0.15) is 5.69 Å². The van der Waals surface area contributed by atoms with Crippen LogP contribution >= 0.6 is 0 Å². The zero-order valence-corrected chi connectivity index (χ0v) is 15.6. The minimum absolute atomic E-state index is 0.0363. The van der Waals surface area contributed by atoms with Crippen molar-refractivity contribution in [3.63, 3.8) is 0 Å². The number of aliphatic hydroxyl groups is 1. The lowest BCUT2D eigenvalue weighted by molar-refractivity contribution is -0.194. The molecular formula is C22H23N3O3. The fourth-order valence-corrected chi connectivity index (χ4v) is 4.95. The van der Waals surface area contributed by atoms with E-state index in [1.807, 2.05) is 23.1 Å². The molecule has 0 bridgehead atoms. The Morgan fingerprint density at radius 1 is 1.07 bits per heavy atom. The van der Waals surface area contributed by atoms with Crippen molar-refractivity contribution in [2.24, 2.45) is 5.92 Å². The van der Waals surface area contributed by atoms with Gasteiger partial charge in [-0.1, -0.05) is 36.4 Å². The third kappa shape index (κ3) is 2.48. The van der Waals surface area contributed by atoms with Gasteiger partial charge in [0.15, 0.2) is 0 Å². The van der Waals surface area contributed by atoms with Crippen LogP contribution in [-0.4, -0.2) is 63.0 Å². The normalized spacial score (nSPS) is 25.2. The van der Waals surface area contributed by atoms with Crippen molar-refractivity contribution in [3.8, 4) is 0 Å². The van der Waals surface area contributed by atoms with Gasteiger partial charge >= 0.3 is 0 Å². The molecule has 5 rings (SSSR count).